The topological polar surface area (TPSA) is 228 Å². The quantitative estimate of drug-likeness (QED) is 0.463. The number of phenols is 1. The van der Waals surface area contributed by atoms with Gasteiger partial charge in [0.05, 0.1) is 22.4 Å². The summed E-state index contributed by atoms with van der Waals surface area (Å²) in [5, 5.41) is 53.2. The van der Waals surface area contributed by atoms with Crippen molar-refractivity contribution in [2.45, 2.75) is 0 Å². The fourth-order valence-electron chi connectivity index (χ4n) is 0.630. The van der Waals surface area contributed by atoms with E-state index in [4.69, 9.17) is 55.8 Å². The van der Waals surface area contributed by atoms with E-state index in [9.17, 15) is 0 Å². The zero-order valence-corrected chi connectivity index (χ0v) is 14.4. The summed E-state index contributed by atoms with van der Waals surface area (Å²) in [5.41, 5.74) is 0. The Morgan fingerprint density at radius 1 is 0.864 bits per heavy atom. The molecular weight excluding hydrogens is 441 g/mol. The fourth-order valence-corrected chi connectivity index (χ4v) is 0.630. The molecule has 0 saturated carbocycles. The summed E-state index contributed by atoms with van der Waals surface area (Å²) in [5.74, 6) is 0.692. The first kappa shape index (κ1) is 27.9. The third-order valence-corrected chi connectivity index (χ3v) is 1.09. The number of methoxy groups -OCH3 is 1. The minimum Gasteiger partial charge on any atom is -0.504 e. The summed E-state index contributed by atoms with van der Waals surface area (Å²) in [6.45, 7) is 0. The zero-order valence-electron chi connectivity index (χ0n) is 10.8. The van der Waals surface area contributed by atoms with Crippen LogP contribution in [0.4, 0.5) is 0 Å². The Balaban J connectivity index is -0.000000107. The van der Waals surface area contributed by atoms with Gasteiger partial charge in [-0.25, -0.2) is 0 Å². The second-order valence-electron chi connectivity index (χ2n) is 2.34. The maximum absolute atomic E-state index is 8.99. The second-order valence-corrected chi connectivity index (χ2v) is 2.34. The van der Waals surface area contributed by atoms with Crippen LogP contribution in [0, 0.1) is 81.6 Å². The molecule has 0 radical (unpaired) electrons. The van der Waals surface area contributed by atoms with E-state index in [1.807, 2.05) is 0 Å². The summed E-state index contributed by atoms with van der Waals surface area (Å²) in [7, 11) is 1.52. The number of phenolic OH excluding ortho intramolecular Hbond substituents is 1. The molecule has 0 fully saturated rings. The molecule has 0 aliphatic carbocycles. The molecule has 0 amide bonds. The largest absolute Gasteiger partial charge is 3.00 e. The van der Waals surface area contributed by atoms with E-state index in [0.29, 0.717) is 5.75 Å². The van der Waals surface area contributed by atoms with E-state index in [1.165, 1.54) is 7.11 Å². The number of hydrogen-bond acceptors (Lipinski definition) is 11. The number of aromatic hydroxyl groups is 1. The first-order chi connectivity index (χ1) is 9.54. The SMILES string of the molecule is COc1ccccc1O.O=[N+]([O-])[O-].O=[N+]([O-])[O-].O=[N+]([O-])[O-].[La+3]. The summed E-state index contributed by atoms with van der Waals surface area (Å²) < 4.78 is 4.79. The average molecular weight is 449 g/mol. The molecule has 0 unspecified atom stereocenters. The fraction of sp³-hybridized carbons (Fsp3) is 0.143. The molecule has 0 saturated heterocycles. The number of para-hydroxylation sites is 2. The normalized spacial score (nSPS) is 6.95. The van der Waals surface area contributed by atoms with Crippen LogP contribution >= 0.6 is 0 Å². The van der Waals surface area contributed by atoms with Crippen LogP contribution < -0.4 is 4.74 Å². The van der Waals surface area contributed by atoms with Crippen LogP contribution in [-0.2, 0) is 0 Å². The number of benzene rings is 1. The number of nitrogens with zero attached hydrogens (tertiary/aromatic N) is 3. The van der Waals surface area contributed by atoms with E-state index < -0.39 is 15.3 Å². The van der Waals surface area contributed by atoms with Crippen molar-refractivity contribution >= 4 is 0 Å². The van der Waals surface area contributed by atoms with Crippen molar-refractivity contribution in [3.63, 3.8) is 0 Å². The van der Waals surface area contributed by atoms with Crippen LogP contribution in [0.25, 0.3) is 0 Å². The zero-order chi connectivity index (χ0) is 17.4. The van der Waals surface area contributed by atoms with Crippen molar-refractivity contribution < 1.29 is 60.7 Å². The molecule has 1 rings (SSSR count). The molecule has 22 heavy (non-hydrogen) atoms. The van der Waals surface area contributed by atoms with Gasteiger partial charge >= 0.3 is 35.6 Å². The summed E-state index contributed by atoms with van der Waals surface area (Å²) >= 11 is 0. The smallest absolute Gasteiger partial charge is 0.504 e. The minimum absolute atomic E-state index is 0. The molecule has 0 atom stereocenters. The first-order valence-electron chi connectivity index (χ1n) is 4.31. The molecule has 1 aromatic rings. The van der Waals surface area contributed by atoms with E-state index in [0.717, 1.165) is 0 Å². The first-order valence-corrected chi connectivity index (χ1v) is 4.31. The van der Waals surface area contributed by atoms with E-state index in [-0.39, 0.29) is 41.3 Å². The maximum atomic E-state index is 8.99. The third-order valence-electron chi connectivity index (χ3n) is 1.09. The molecule has 1 aromatic carbocycles. The molecule has 14 nitrogen and oxygen atoms in total. The van der Waals surface area contributed by atoms with Gasteiger partial charge in [-0.3, -0.25) is 0 Å². The van der Waals surface area contributed by atoms with Gasteiger partial charge in [-0.15, -0.1) is 0 Å². The Morgan fingerprint density at radius 2 is 1.14 bits per heavy atom. The predicted octanol–water partition coefficient (Wildman–Crippen LogP) is 0.683. The van der Waals surface area contributed by atoms with Gasteiger partial charge in [0, 0.05) is 0 Å². The van der Waals surface area contributed by atoms with Crippen LogP contribution in [-0.4, -0.2) is 27.5 Å². The second kappa shape index (κ2) is 18.6. The summed E-state index contributed by atoms with van der Waals surface area (Å²) in [4.78, 5) is 24.8. The molecular formula is C7H8LaN3O11. The van der Waals surface area contributed by atoms with Gasteiger partial charge in [0.2, 0.25) is 0 Å². The molecule has 0 aliphatic rings. The molecule has 120 valence electrons. The Hall–Kier alpha value is -2.39. The molecule has 0 spiro atoms. The van der Waals surface area contributed by atoms with Crippen molar-refractivity contribution in [2.75, 3.05) is 7.11 Å². The monoisotopic (exact) mass is 449 g/mol. The maximum Gasteiger partial charge on any atom is 3.00 e. The van der Waals surface area contributed by atoms with Gasteiger partial charge in [0.1, 0.15) is 0 Å². The molecule has 15 heteroatoms. The van der Waals surface area contributed by atoms with Crippen LogP contribution in [0.3, 0.4) is 0 Å². The van der Waals surface area contributed by atoms with E-state index in [1.54, 1.807) is 24.3 Å². The molecule has 1 N–H and O–H groups in total. The standard InChI is InChI=1S/C7H8O2.La.3NO3/c1-9-7-5-3-2-4-6(7)8;;3*2-1(3)4/h2-5,8H,1H3;;;;/q;+3;3*-1. The van der Waals surface area contributed by atoms with Crippen molar-refractivity contribution in [3.05, 3.63) is 70.2 Å². The van der Waals surface area contributed by atoms with Gasteiger partial charge in [-0.2, -0.15) is 0 Å². The van der Waals surface area contributed by atoms with Crippen LogP contribution in [0.5, 0.6) is 11.5 Å². The Morgan fingerprint density at radius 3 is 1.32 bits per heavy atom. The van der Waals surface area contributed by atoms with Gasteiger partial charge in [0.25, 0.3) is 0 Å². The van der Waals surface area contributed by atoms with Crippen molar-refractivity contribution in [1.82, 2.24) is 0 Å². The molecule has 0 bridgehead atoms. The summed E-state index contributed by atoms with van der Waals surface area (Å²) in [6, 6.07) is 6.84. The predicted molar refractivity (Wildman–Crippen MR) is 65.7 cm³/mol. The molecule has 0 aliphatic heterocycles. The van der Waals surface area contributed by atoms with Crippen molar-refractivity contribution in [3.8, 4) is 11.5 Å². The van der Waals surface area contributed by atoms with Crippen LogP contribution in [0.1, 0.15) is 0 Å². The summed E-state index contributed by atoms with van der Waals surface area (Å²) in [6.07, 6.45) is 0. The number of ether oxygens (including phenoxy) is 1. The number of rotatable bonds is 1. The van der Waals surface area contributed by atoms with E-state index >= 15 is 0 Å². The third kappa shape index (κ3) is 43.2. The average Bonchev–Trinajstić information content (AvgIpc) is 2.27. The van der Waals surface area contributed by atoms with Gasteiger partial charge < -0.3 is 55.8 Å². The van der Waals surface area contributed by atoms with Gasteiger partial charge in [-0.1, -0.05) is 12.1 Å². The molecule has 0 aromatic heterocycles. The van der Waals surface area contributed by atoms with Gasteiger partial charge in [-0.05, 0) is 12.1 Å². The van der Waals surface area contributed by atoms with Crippen molar-refractivity contribution in [1.29, 1.82) is 0 Å². The van der Waals surface area contributed by atoms with Crippen LogP contribution in [0.2, 0.25) is 0 Å². The van der Waals surface area contributed by atoms with Crippen molar-refractivity contribution in [2.24, 2.45) is 0 Å². The minimum atomic E-state index is -1.75. The molecule has 0 heterocycles. The van der Waals surface area contributed by atoms with E-state index in [2.05, 4.69) is 0 Å². The Labute approximate surface area is 149 Å². The Kier molecular flexibility index (Phi) is 23.6. The van der Waals surface area contributed by atoms with Crippen LogP contribution in [0.15, 0.2) is 24.3 Å². The Bertz CT molecular complexity index is 403. The number of hydrogen-bond donors (Lipinski definition) is 1. The van der Waals surface area contributed by atoms with Gasteiger partial charge in [0.15, 0.2) is 11.5 Å².